The van der Waals surface area contributed by atoms with Crippen molar-refractivity contribution >= 4 is 11.9 Å². The second kappa shape index (κ2) is 5.41. The van der Waals surface area contributed by atoms with Crippen LogP contribution in [0.1, 0.15) is 26.5 Å². The van der Waals surface area contributed by atoms with Crippen molar-refractivity contribution in [3.8, 4) is 0 Å². The molecule has 0 aromatic carbocycles. The minimum absolute atomic E-state index is 0.191. The van der Waals surface area contributed by atoms with Gasteiger partial charge in [0.2, 0.25) is 0 Å². The van der Waals surface area contributed by atoms with Gasteiger partial charge in [0.25, 0.3) is 0 Å². The van der Waals surface area contributed by atoms with Gasteiger partial charge < -0.3 is 14.5 Å². The molecule has 2 atom stereocenters. The molecule has 0 aliphatic carbocycles. The van der Waals surface area contributed by atoms with Crippen LogP contribution in [-0.4, -0.2) is 53.0 Å². The summed E-state index contributed by atoms with van der Waals surface area (Å²) in [6.07, 6.45) is -0.191. The Balaban J connectivity index is 1.58. The molecule has 1 amide bonds. The highest BCUT2D eigenvalue weighted by Crippen LogP contribution is 2.33. The highest BCUT2D eigenvalue weighted by Gasteiger charge is 2.43. The van der Waals surface area contributed by atoms with Gasteiger partial charge in [-0.2, -0.15) is 5.10 Å². The second-order valence-electron chi connectivity index (χ2n) is 7.34. The van der Waals surface area contributed by atoms with Crippen LogP contribution in [0, 0.1) is 18.8 Å². The van der Waals surface area contributed by atoms with E-state index >= 15 is 0 Å². The average molecular weight is 304 g/mol. The summed E-state index contributed by atoms with van der Waals surface area (Å²) >= 11 is 0. The maximum absolute atomic E-state index is 12.1. The molecule has 22 heavy (non-hydrogen) atoms. The fourth-order valence-electron chi connectivity index (χ4n) is 3.22. The highest BCUT2D eigenvalue weighted by molar-refractivity contribution is 5.68. The van der Waals surface area contributed by atoms with E-state index in [0.717, 1.165) is 37.7 Å². The van der Waals surface area contributed by atoms with Crippen LogP contribution in [-0.2, 0) is 4.74 Å². The van der Waals surface area contributed by atoms with Crippen molar-refractivity contribution in [1.82, 2.24) is 15.1 Å². The number of ether oxygens (including phenoxy) is 1. The van der Waals surface area contributed by atoms with Crippen LogP contribution in [0.3, 0.4) is 0 Å². The Bertz CT molecular complexity index is 538. The quantitative estimate of drug-likeness (QED) is 0.795. The van der Waals surface area contributed by atoms with Crippen molar-refractivity contribution in [3.63, 3.8) is 0 Å². The smallest absolute Gasteiger partial charge is 0.410 e. The number of aryl methyl sites for hydroxylation is 1. The normalized spacial score (nSPS) is 24.5. The van der Waals surface area contributed by atoms with E-state index in [2.05, 4.69) is 15.1 Å². The van der Waals surface area contributed by atoms with Gasteiger partial charge in [0.15, 0.2) is 5.82 Å². The SMILES string of the molecule is Cc1ccc(N2C[C@@H]3CN(C(=O)OC(C)(C)C)C[C@H]3C2)nn1. The number of aromatic nitrogens is 2. The molecule has 0 radical (unpaired) electrons. The molecular formula is C16H24N4O2. The summed E-state index contributed by atoms with van der Waals surface area (Å²) in [6, 6.07) is 4.01. The first-order valence-electron chi connectivity index (χ1n) is 7.85. The number of rotatable bonds is 1. The van der Waals surface area contributed by atoms with Crippen molar-refractivity contribution in [1.29, 1.82) is 0 Å². The molecule has 0 spiro atoms. The molecule has 1 aromatic heterocycles. The lowest BCUT2D eigenvalue weighted by molar-refractivity contribution is 0.0282. The Kier molecular flexibility index (Phi) is 3.70. The third-order valence-electron chi connectivity index (χ3n) is 4.25. The van der Waals surface area contributed by atoms with Gasteiger partial charge in [-0.25, -0.2) is 4.79 Å². The molecule has 0 bridgehead atoms. The van der Waals surface area contributed by atoms with E-state index in [0.29, 0.717) is 11.8 Å². The van der Waals surface area contributed by atoms with Gasteiger partial charge in [0.1, 0.15) is 5.60 Å². The van der Waals surface area contributed by atoms with Crippen molar-refractivity contribution in [3.05, 3.63) is 17.8 Å². The number of carbonyl (C=O) groups excluding carboxylic acids is 1. The number of hydrogen-bond acceptors (Lipinski definition) is 5. The van der Waals surface area contributed by atoms with Crippen molar-refractivity contribution in [2.45, 2.75) is 33.3 Å². The largest absolute Gasteiger partial charge is 0.444 e. The maximum atomic E-state index is 12.1. The van der Waals surface area contributed by atoms with Gasteiger partial charge in [-0.1, -0.05) is 0 Å². The number of carbonyl (C=O) groups is 1. The number of amides is 1. The Morgan fingerprint density at radius 2 is 1.77 bits per heavy atom. The topological polar surface area (TPSA) is 58.6 Å². The molecule has 0 unspecified atom stereocenters. The molecule has 3 rings (SSSR count). The zero-order chi connectivity index (χ0) is 15.9. The summed E-state index contributed by atoms with van der Waals surface area (Å²) in [4.78, 5) is 16.3. The van der Waals surface area contributed by atoms with Crippen LogP contribution in [0.2, 0.25) is 0 Å². The zero-order valence-electron chi connectivity index (χ0n) is 13.7. The summed E-state index contributed by atoms with van der Waals surface area (Å²) in [7, 11) is 0. The Hall–Kier alpha value is -1.85. The first-order chi connectivity index (χ1) is 10.3. The van der Waals surface area contributed by atoms with E-state index in [9.17, 15) is 4.79 Å². The molecule has 2 aliphatic rings. The molecule has 120 valence electrons. The number of fused-ring (bicyclic) bond motifs is 1. The van der Waals surface area contributed by atoms with Crippen LogP contribution in [0.15, 0.2) is 12.1 Å². The average Bonchev–Trinajstić information content (AvgIpc) is 2.95. The summed E-state index contributed by atoms with van der Waals surface area (Å²) in [6.45, 7) is 11.1. The predicted molar refractivity (Wildman–Crippen MR) is 83.8 cm³/mol. The van der Waals surface area contributed by atoms with Gasteiger partial charge in [0, 0.05) is 38.0 Å². The first-order valence-corrected chi connectivity index (χ1v) is 7.85. The molecule has 2 fully saturated rings. The van der Waals surface area contributed by atoms with Crippen LogP contribution >= 0.6 is 0 Å². The van der Waals surface area contributed by atoms with E-state index < -0.39 is 5.60 Å². The van der Waals surface area contributed by atoms with Gasteiger partial charge in [-0.3, -0.25) is 0 Å². The van der Waals surface area contributed by atoms with Crippen LogP contribution in [0.25, 0.3) is 0 Å². The van der Waals surface area contributed by atoms with Gasteiger partial charge >= 0.3 is 6.09 Å². The molecule has 3 heterocycles. The number of anilines is 1. The number of likely N-dealkylation sites (tertiary alicyclic amines) is 1. The van der Waals surface area contributed by atoms with E-state index in [1.54, 1.807) is 0 Å². The molecule has 6 heteroatoms. The molecule has 1 aromatic rings. The van der Waals surface area contributed by atoms with E-state index in [4.69, 9.17) is 4.74 Å². The third kappa shape index (κ3) is 3.15. The summed E-state index contributed by atoms with van der Waals surface area (Å²) in [5.41, 5.74) is 0.498. The monoisotopic (exact) mass is 304 g/mol. The number of nitrogens with zero attached hydrogens (tertiary/aromatic N) is 4. The van der Waals surface area contributed by atoms with Crippen molar-refractivity contribution < 1.29 is 9.53 Å². The third-order valence-corrected chi connectivity index (χ3v) is 4.25. The Morgan fingerprint density at radius 1 is 1.14 bits per heavy atom. The van der Waals surface area contributed by atoms with Gasteiger partial charge in [0.05, 0.1) is 5.69 Å². The standard InChI is InChI=1S/C16H24N4O2/c1-11-5-6-14(18-17-11)19-7-12-9-20(10-13(12)8-19)15(21)22-16(2,3)4/h5-6,12-13H,7-10H2,1-4H3/t12-,13-/m1/s1. The highest BCUT2D eigenvalue weighted by atomic mass is 16.6. The van der Waals surface area contributed by atoms with E-state index in [1.807, 2.05) is 44.7 Å². The fraction of sp³-hybridized carbons (Fsp3) is 0.688. The van der Waals surface area contributed by atoms with Crippen molar-refractivity contribution in [2.24, 2.45) is 11.8 Å². The number of hydrogen-bond donors (Lipinski definition) is 0. The molecular weight excluding hydrogens is 280 g/mol. The predicted octanol–water partition coefficient (Wildman–Crippen LogP) is 2.09. The summed E-state index contributed by atoms with van der Waals surface area (Å²) < 4.78 is 5.46. The van der Waals surface area contributed by atoms with E-state index in [1.165, 1.54) is 0 Å². The molecule has 6 nitrogen and oxygen atoms in total. The summed E-state index contributed by atoms with van der Waals surface area (Å²) in [5.74, 6) is 1.93. The fourth-order valence-corrected chi connectivity index (χ4v) is 3.22. The lowest BCUT2D eigenvalue weighted by atomic mass is 10.0. The lowest BCUT2D eigenvalue weighted by Crippen LogP contribution is -2.37. The van der Waals surface area contributed by atoms with Crippen molar-refractivity contribution in [2.75, 3.05) is 31.1 Å². The van der Waals surface area contributed by atoms with Gasteiger partial charge in [-0.15, -0.1) is 5.10 Å². The minimum Gasteiger partial charge on any atom is -0.444 e. The summed E-state index contributed by atoms with van der Waals surface area (Å²) in [5, 5.41) is 8.39. The maximum Gasteiger partial charge on any atom is 0.410 e. The Labute approximate surface area is 131 Å². The minimum atomic E-state index is -0.432. The molecule has 2 aliphatic heterocycles. The van der Waals surface area contributed by atoms with Crippen LogP contribution in [0.5, 0.6) is 0 Å². The molecule has 0 N–H and O–H groups in total. The van der Waals surface area contributed by atoms with E-state index in [-0.39, 0.29) is 6.09 Å². The molecule has 2 saturated heterocycles. The van der Waals surface area contributed by atoms with Gasteiger partial charge in [-0.05, 0) is 39.8 Å². The second-order valence-corrected chi connectivity index (χ2v) is 7.34. The first kappa shape index (κ1) is 15.1. The molecule has 0 saturated carbocycles. The van der Waals surface area contributed by atoms with Crippen LogP contribution in [0.4, 0.5) is 10.6 Å². The zero-order valence-corrected chi connectivity index (χ0v) is 13.7. The lowest BCUT2D eigenvalue weighted by Gasteiger charge is -2.26. The van der Waals surface area contributed by atoms with Crippen LogP contribution < -0.4 is 4.90 Å². The Morgan fingerprint density at radius 3 is 2.27 bits per heavy atom.